The quantitative estimate of drug-likeness (QED) is 0.364. The highest BCUT2D eigenvalue weighted by Gasteiger charge is 2.58. The van der Waals surface area contributed by atoms with E-state index in [1.807, 2.05) is 91.0 Å². The number of β-lactam (4-membered cyclic amide) rings is 1. The average molecular weight is 554 g/mol. The first-order chi connectivity index (χ1) is 19.8. The maximum absolute atomic E-state index is 13.8. The molecule has 5 rings (SSSR count). The molecule has 0 aromatic heterocycles. The van der Waals surface area contributed by atoms with Gasteiger partial charge in [0.05, 0.1) is 24.5 Å². The Labute approximate surface area is 238 Å². The van der Waals surface area contributed by atoms with Crippen molar-refractivity contribution in [3.8, 4) is 0 Å². The maximum Gasteiger partial charge on any atom is 0.411 e. The number of cyclic esters (lactones) is 1. The molecule has 2 aliphatic heterocycles. The lowest BCUT2D eigenvalue weighted by Crippen LogP contribution is -2.74. The summed E-state index contributed by atoms with van der Waals surface area (Å²) in [5.74, 6) is -2.32. The van der Waals surface area contributed by atoms with Crippen LogP contribution in [-0.2, 0) is 19.1 Å². The Balaban J connectivity index is 1.48. The molecule has 5 atom stereocenters. The predicted molar refractivity (Wildman–Crippen MR) is 151 cm³/mol. The fraction of sp³-hybridized carbons (Fsp3) is 0.250. The second kappa shape index (κ2) is 12.1. The number of hydrogen-bond acceptors (Lipinski definition) is 5. The molecule has 2 fully saturated rings. The number of carbonyl (C=O) groups is 4. The number of carboxylic acid groups (broad SMARTS) is 1. The van der Waals surface area contributed by atoms with Crippen molar-refractivity contribution < 1.29 is 29.0 Å². The molecular formula is C32H31N3O6. The lowest BCUT2D eigenvalue weighted by atomic mass is 9.87. The lowest BCUT2D eigenvalue weighted by molar-refractivity contribution is -0.165. The Kier molecular flexibility index (Phi) is 8.14. The number of carboxylic acids is 1. The summed E-state index contributed by atoms with van der Waals surface area (Å²) in [5, 5.41) is 12.6. The third-order valence-corrected chi connectivity index (χ3v) is 7.50. The van der Waals surface area contributed by atoms with Crippen LogP contribution in [0.3, 0.4) is 0 Å². The number of carbonyl (C=O) groups excluding carboxylic acids is 3. The molecule has 3 unspecified atom stereocenters. The minimum absolute atomic E-state index is 0.0787. The zero-order chi connectivity index (χ0) is 28.9. The molecule has 2 heterocycles. The summed E-state index contributed by atoms with van der Waals surface area (Å²) in [6.07, 6.45) is 2.33. The standard InChI is InChI=1S/C32H31N3O6/c1-21(23-13-7-3-8-14-23)33-30(38)26(19-28(36)37)34-25(18-17-22-11-5-2-6-12-22)29(31(34)39)35-27(20-41-32(35)40)24-15-9-4-10-16-24/h2-18,21,25-27,29H,19-20H2,1H3,(H,33,38)(H,36,37)/t21-,25?,26?,27+,29?/m0/s1. The SMILES string of the molecule is C[C@H](NC(=O)C(CC(=O)O)N1C(=O)C(N2C(=O)OC[C@@H]2c2ccccc2)C1C=Cc1ccccc1)c1ccccc1. The number of aliphatic carboxylic acids is 1. The molecule has 0 radical (unpaired) electrons. The monoisotopic (exact) mass is 553 g/mol. The van der Waals surface area contributed by atoms with E-state index >= 15 is 0 Å². The highest BCUT2D eigenvalue weighted by Crippen LogP contribution is 2.39. The van der Waals surface area contributed by atoms with Crippen molar-refractivity contribution in [2.45, 2.75) is 43.6 Å². The number of rotatable bonds is 10. The highest BCUT2D eigenvalue weighted by atomic mass is 16.6. The molecule has 3 aromatic carbocycles. The van der Waals surface area contributed by atoms with Gasteiger partial charge in [0, 0.05) is 0 Å². The van der Waals surface area contributed by atoms with E-state index in [-0.39, 0.29) is 6.61 Å². The predicted octanol–water partition coefficient (Wildman–Crippen LogP) is 4.19. The van der Waals surface area contributed by atoms with Crippen LogP contribution in [0.4, 0.5) is 4.79 Å². The molecule has 0 aliphatic carbocycles. The summed E-state index contributed by atoms with van der Waals surface area (Å²) >= 11 is 0. The Bertz CT molecular complexity index is 1430. The van der Waals surface area contributed by atoms with Crippen molar-refractivity contribution in [2.24, 2.45) is 0 Å². The van der Waals surface area contributed by atoms with Crippen molar-refractivity contribution >= 4 is 30.0 Å². The van der Waals surface area contributed by atoms with E-state index in [1.54, 1.807) is 19.1 Å². The molecule has 2 N–H and O–H groups in total. The Morgan fingerprint density at radius 1 is 0.976 bits per heavy atom. The molecule has 9 heteroatoms. The number of nitrogens with zero attached hydrogens (tertiary/aromatic N) is 2. The molecule has 0 saturated carbocycles. The van der Waals surface area contributed by atoms with Crippen molar-refractivity contribution in [1.29, 1.82) is 0 Å². The Morgan fingerprint density at radius 3 is 2.22 bits per heavy atom. The molecule has 2 aliphatic rings. The van der Waals surface area contributed by atoms with Gasteiger partial charge in [0.25, 0.3) is 0 Å². The smallest absolute Gasteiger partial charge is 0.411 e. The first kappa shape index (κ1) is 27.6. The van der Waals surface area contributed by atoms with E-state index in [1.165, 1.54) is 9.80 Å². The van der Waals surface area contributed by atoms with Crippen LogP contribution in [0.5, 0.6) is 0 Å². The van der Waals surface area contributed by atoms with E-state index in [2.05, 4.69) is 5.32 Å². The van der Waals surface area contributed by atoms with Gasteiger partial charge in [-0.25, -0.2) is 4.79 Å². The van der Waals surface area contributed by atoms with Crippen molar-refractivity contribution in [2.75, 3.05) is 6.61 Å². The van der Waals surface area contributed by atoms with E-state index in [0.717, 1.165) is 16.7 Å². The molecule has 3 amide bonds. The summed E-state index contributed by atoms with van der Waals surface area (Å²) < 4.78 is 5.38. The van der Waals surface area contributed by atoms with Crippen molar-refractivity contribution in [3.63, 3.8) is 0 Å². The minimum Gasteiger partial charge on any atom is -0.481 e. The number of hydrogen-bond donors (Lipinski definition) is 2. The summed E-state index contributed by atoms with van der Waals surface area (Å²) in [5.41, 5.74) is 2.51. The van der Waals surface area contributed by atoms with E-state index in [9.17, 15) is 24.3 Å². The van der Waals surface area contributed by atoms with Gasteiger partial charge in [-0.05, 0) is 23.6 Å². The van der Waals surface area contributed by atoms with Crippen molar-refractivity contribution in [1.82, 2.24) is 15.1 Å². The highest BCUT2D eigenvalue weighted by molar-refractivity contribution is 5.99. The zero-order valence-corrected chi connectivity index (χ0v) is 22.5. The van der Waals surface area contributed by atoms with E-state index in [4.69, 9.17) is 4.74 Å². The van der Waals surface area contributed by atoms with Gasteiger partial charge in [-0.2, -0.15) is 0 Å². The Hall–Kier alpha value is -4.92. The van der Waals surface area contributed by atoms with Crippen molar-refractivity contribution in [3.05, 3.63) is 114 Å². The largest absolute Gasteiger partial charge is 0.481 e. The van der Waals surface area contributed by atoms with Crippen LogP contribution >= 0.6 is 0 Å². The Morgan fingerprint density at radius 2 is 1.59 bits per heavy atom. The van der Waals surface area contributed by atoms with Crippen LogP contribution in [0.2, 0.25) is 0 Å². The van der Waals surface area contributed by atoms with Crippen LogP contribution in [0.25, 0.3) is 6.08 Å². The summed E-state index contributed by atoms with van der Waals surface area (Å²) in [4.78, 5) is 55.0. The summed E-state index contributed by atoms with van der Waals surface area (Å²) in [7, 11) is 0. The van der Waals surface area contributed by atoms with E-state index in [0.29, 0.717) is 0 Å². The number of benzene rings is 3. The number of likely N-dealkylation sites (tertiary alicyclic amines) is 1. The van der Waals surface area contributed by atoms with Gasteiger partial charge in [0.2, 0.25) is 11.8 Å². The third kappa shape index (κ3) is 5.84. The maximum atomic E-state index is 13.8. The van der Waals surface area contributed by atoms with E-state index < -0.39 is 60.5 Å². The first-order valence-corrected chi connectivity index (χ1v) is 13.5. The first-order valence-electron chi connectivity index (χ1n) is 13.5. The molecule has 2 saturated heterocycles. The molecular weight excluding hydrogens is 522 g/mol. The van der Waals surface area contributed by atoms with Gasteiger partial charge in [-0.3, -0.25) is 19.3 Å². The molecule has 210 valence electrons. The average Bonchev–Trinajstić information content (AvgIpc) is 3.36. The molecule has 0 bridgehead atoms. The summed E-state index contributed by atoms with van der Waals surface area (Å²) in [6.45, 7) is 1.87. The van der Waals surface area contributed by atoms with Gasteiger partial charge in [0.1, 0.15) is 18.7 Å². The molecule has 9 nitrogen and oxygen atoms in total. The normalized spacial score (nSPS) is 21.7. The van der Waals surface area contributed by atoms with Crippen LogP contribution in [0.15, 0.2) is 97.1 Å². The van der Waals surface area contributed by atoms with Crippen LogP contribution in [0.1, 0.15) is 42.1 Å². The van der Waals surface area contributed by atoms with Crippen LogP contribution < -0.4 is 5.32 Å². The topological polar surface area (TPSA) is 116 Å². The van der Waals surface area contributed by atoms with Gasteiger partial charge in [0.15, 0.2) is 0 Å². The number of ether oxygens (including phenoxy) is 1. The number of amides is 3. The minimum atomic E-state index is -1.29. The molecule has 3 aromatic rings. The van der Waals surface area contributed by atoms with Gasteiger partial charge >= 0.3 is 12.1 Å². The fourth-order valence-electron chi connectivity index (χ4n) is 5.42. The second-order valence-corrected chi connectivity index (χ2v) is 10.1. The third-order valence-electron chi connectivity index (χ3n) is 7.50. The van der Waals surface area contributed by atoms with Gasteiger partial charge < -0.3 is 20.1 Å². The number of nitrogens with one attached hydrogen (secondary N) is 1. The molecule has 41 heavy (non-hydrogen) atoms. The van der Waals surface area contributed by atoms with Crippen LogP contribution in [-0.4, -0.2) is 63.5 Å². The van der Waals surface area contributed by atoms with Gasteiger partial charge in [-0.15, -0.1) is 0 Å². The second-order valence-electron chi connectivity index (χ2n) is 10.1. The fourth-order valence-corrected chi connectivity index (χ4v) is 5.42. The summed E-state index contributed by atoms with van der Waals surface area (Å²) in [6, 6.07) is 24.0. The molecule has 0 spiro atoms. The zero-order valence-electron chi connectivity index (χ0n) is 22.5. The van der Waals surface area contributed by atoms with Gasteiger partial charge in [-0.1, -0.05) is 103 Å². The van der Waals surface area contributed by atoms with Crippen LogP contribution in [0, 0.1) is 0 Å². The lowest BCUT2D eigenvalue weighted by Gasteiger charge is -2.52.